The average molecular weight is 379 g/mol. The summed E-state index contributed by atoms with van der Waals surface area (Å²) >= 11 is 0. The van der Waals surface area contributed by atoms with Crippen molar-refractivity contribution in [2.24, 2.45) is 0 Å². The quantitative estimate of drug-likeness (QED) is 0.558. The van der Waals surface area contributed by atoms with E-state index in [-0.39, 0.29) is 11.5 Å². The summed E-state index contributed by atoms with van der Waals surface area (Å²) in [6, 6.07) is 4.26. The summed E-state index contributed by atoms with van der Waals surface area (Å²) in [6.45, 7) is 0.595. The fraction of sp³-hybridized carbons (Fsp3) is 0.167. The molecule has 1 aliphatic heterocycles. The minimum Gasteiger partial charge on any atom is -0.476 e. The van der Waals surface area contributed by atoms with E-state index in [1.54, 1.807) is 24.7 Å². The third kappa shape index (κ3) is 2.49. The number of hydrogen-bond acceptors (Lipinski definition) is 6. The Morgan fingerprint density at radius 1 is 1.29 bits per heavy atom. The molecule has 10 heteroatoms. The van der Waals surface area contributed by atoms with Crippen molar-refractivity contribution >= 4 is 17.3 Å². The van der Waals surface area contributed by atoms with Crippen LogP contribution in [0.1, 0.15) is 33.6 Å². The molecule has 140 valence electrons. The summed E-state index contributed by atoms with van der Waals surface area (Å²) < 4.78 is 15.7. The molecule has 0 amide bonds. The minimum atomic E-state index is -1.14. The number of fused-ring (bicyclic) bond motifs is 2. The van der Waals surface area contributed by atoms with Crippen molar-refractivity contribution in [3.05, 3.63) is 71.7 Å². The number of pyridine rings is 1. The molecule has 0 saturated carbocycles. The summed E-state index contributed by atoms with van der Waals surface area (Å²) in [5, 5.41) is 13.6. The molecule has 0 bridgehead atoms. The summed E-state index contributed by atoms with van der Waals surface area (Å²) in [5.41, 5.74) is 2.61. The number of aromatic nitrogens is 6. The van der Waals surface area contributed by atoms with E-state index >= 15 is 0 Å². The monoisotopic (exact) mass is 379 g/mol. The van der Waals surface area contributed by atoms with Crippen molar-refractivity contribution in [1.29, 1.82) is 0 Å². The zero-order chi connectivity index (χ0) is 19.3. The highest BCUT2D eigenvalue weighted by atomic mass is 19.1. The smallest absolute Gasteiger partial charge is 0.356 e. The second-order valence-corrected chi connectivity index (χ2v) is 6.43. The van der Waals surface area contributed by atoms with Gasteiger partial charge in [0.25, 0.3) is 0 Å². The maximum absolute atomic E-state index is 14.2. The molecule has 2 N–H and O–H groups in total. The van der Waals surface area contributed by atoms with Crippen LogP contribution in [0.15, 0.2) is 43.1 Å². The number of H-pyrrole nitrogens is 1. The largest absolute Gasteiger partial charge is 0.476 e. The Hall–Kier alpha value is -3.82. The van der Waals surface area contributed by atoms with E-state index < -0.39 is 12.0 Å². The highest BCUT2D eigenvalue weighted by molar-refractivity contribution is 5.84. The molecule has 0 fully saturated rings. The molecule has 1 atom stereocenters. The minimum absolute atomic E-state index is 0.132. The number of nitrogens with one attached hydrogen (secondary N) is 1. The van der Waals surface area contributed by atoms with Gasteiger partial charge >= 0.3 is 5.97 Å². The van der Waals surface area contributed by atoms with Crippen LogP contribution in [0.25, 0.3) is 5.52 Å². The van der Waals surface area contributed by atoms with Gasteiger partial charge in [-0.25, -0.2) is 28.7 Å². The van der Waals surface area contributed by atoms with Crippen LogP contribution in [0.5, 0.6) is 0 Å². The number of carbonyl (C=O) groups is 1. The number of carboxylic acid groups (broad SMARTS) is 1. The van der Waals surface area contributed by atoms with E-state index in [0.717, 1.165) is 11.4 Å². The van der Waals surface area contributed by atoms with Crippen molar-refractivity contribution in [1.82, 2.24) is 29.5 Å². The Kier molecular flexibility index (Phi) is 3.57. The summed E-state index contributed by atoms with van der Waals surface area (Å²) in [5.74, 6) is -1.00. The van der Waals surface area contributed by atoms with Gasteiger partial charge in [-0.15, -0.1) is 0 Å². The first-order valence-electron chi connectivity index (χ1n) is 8.60. The second-order valence-electron chi connectivity index (χ2n) is 6.43. The van der Waals surface area contributed by atoms with Gasteiger partial charge in [0, 0.05) is 24.9 Å². The predicted molar refractivity (Wildman–Crippen MR) is 95.6 cm³/mol. The number of carboxylic acids is 1. The van der Waals surface area contributed by atoms with Gasteiger partial charge in [-0.3, -0.25) is 0 Å². The fourth-order valence-corrected chi connectivity index (χ4v) is 3.54. The van der Waals surface area contributed by atoms with Gasteiger partial charge in [-0.1, -0.05) is 0 Å². The zero-order valence-electron chi connectivity index (χ0n) is 14.4. The van der Waals surface area contributed by atoms with Crippen LogP contribution >= 0.6 is 0 Å². The number of aromatic amines is 1. The third-order valence-corrected chi connectivity index (χ3v) is 4.83. The van der Waals surface area contributed by atoms with Crippen LogP contribution in [0.2, 0.25) is 0 Å². The van der Waals surface area contributed by atoms with Crippen LogP contribution < -0.4 is 4.90 Å². The number of halogens is 1. The molecule has 28 heavy (non-hydrogen) atoms. The normalized spacial score (nSPS) is 16.3. The summed E-state index contributed by atoms with van der Waals surface area (Å²) in [6.07, 6.45) is 6.65. The number of hydrogen-bond donors (Lipinski definition) is 2. The summed E-state index contributed by atoms with van der Waals surface area (Å²) in [4.78, 5) is 28.8. The van der Waals surface area contributed by atoms with E-state index in [0.29, 0.717) is 30.0 Å². The highest BCUT2D eigenvalue weighted by Gasteiger charge is 2.34. The lowest BCUT2D eigenvalue weighted by molar-refractivity contribution is 0.0690. The molecule has 9 nitrogen and oxygen atoms in total. The van der Waals surface area contributed by atoms with Gasteiger partial charge in [0.2, 0.25) is 0 Å². The number of imidazole rings is 1. The Morgan fingerprint density at radius 2 is 2.18 bits per heavy atom. The summed E-state index contributed by atoms with van der Waals surface area (Å²) in [7, 11) is 0. The molecule has 0 aromatic carbocycles. The molecule has 4 aromatic rings. The van der Waals surface area contributed by atoms with Gasteiger partial charge in [0.1, 0.15) is 23.2 Å². The lowest BCUT2D eigenvalue weighted by atomic mass is 10.00. The standard InChI is InChI=1S/C18H14FN7O2/c19-10-2-1-4-26-14(10)6-12(24-26)17-16-11(22-9-23-16)3-5-25(17)15-8-20-13(7-21-15)18(27)28/h1-2,4,6-9,17H,3,5H2,(H,22,23)(H,27,28)/t17-/m1/s1. The van der Waals surface area contributed by atoms with Crippen LogP contribution in [-0.4, -0.2) is 47.2 Å². The first-order valence-corrected chi connectivity index (χ1v) is 8.60. The Labute approximate surface area is 157 Å². The van der Waals surface area contributed by atoms with E-state index in [4.69, 9.17) is 5.11 Å². The van der Waals surface area contributed by atoms with Gasteiger partial charge in [0.15, 0.2) is 5.69 Å². The molecule has 5 heterocycles. The van der Waals surface area contributed by atoms with Crippen LogP contribution in [0, 0.1) is 5.82 Å². The van der Waals surface area contributed by atoms with Crippen molar-refractivity contribution in [2.45, 2.75) is 12.5 Å². The van der Waals surface area contributed by atoms with Crippen molar-refractivity contribution < 1.29 is 14.3 Å². The van der Waals surface area contributed by atoms with Crippen LogP contribution in [-0.2, 0) is 6.42 Å². The lowest BCUT2D eigenvalue weighted by Crippen LogP contribution is -2.37. The van der Waals surface area contributed by atoms with E-state index in [2.05, 4.69) is 25.0 Å². The molecular weight excluding hydrogens is 365 g/mol. The van der Waals surface area contributed by atoms with Crippen molar-refractivity contribution in [3.63, 3.8) is 0 Å². The first kappa shape index (κ1) is 16.4. The predicted octanol–water partition coefficient (Wildman–Crippen LogP) is 1.84. The molecule has 0 saturated heterocycles. The SMILES string of the molecule is O=C(O)c1cnc(N2CCc3[nH]cnc3[C@H]2c2cc3c(F)cccn3n2)cn1. The molecule has 0 spiro atoms. The molecule has 0 aliphatic carbocycles. The maximum Gasteiger partial charge on any atom is 0.356 e. The Morgan fingerprint density at radius 3 is 2.93 bits per heavy atom. The molecular formula is C18H14FN7O2. The number of rotatable bonds is 3. The van der Waals surface area contributed by atoms with Crippen molar-refractivity contribution in [3.8, 4) is 0 Å². The Bertz CT molecular complexity index is 1180. The second kappa shape index (κ2) is 6.12. The Balaban J connectivity index is 1.63. The van der Waals surface area contributed by atoms with Crippen molar-refractivity contribution in [2.75, 3.05) is 11.4 Å². The molecule has 5 rings (SSSR count). The van der Waals surface area contributed by atoms with E-state index in [1.807, 2.05) is 4.90 Å². The molecule has 1 aliphatic rings. The third-order valence-electron chi connectivity index (χ3n) is 4.83. The molecule has 4 aromatic heterocycles. The topological polar surface area (TPSA) is 112 Å². The maximum atomic E-state index is 14.2. The number of nitrogens with zero attached hydrogens (tertiary/aromatic N) is 6. The van der Waals surface area contributed by atoms with E-state index in [1.165, 1.54) is 23.0 Å². The van der Waals surface area contributed by atoms with Crippen LogP contribution in [0.3, 0.4) is 0 Å². The van der Waals surface area contributed by atoms with E-state index in [9.17, 15) is 9.18 Å². The zero-order valence-corrected chi connectivity index (χ0v) is 14.4. The van der Waals surface area contributed by atoms with Crippen LogP contribution in [0.4, 0.5) is 10.2 Å². The van der Waals surface area contributed by atoms with Gasteiger partial charge in [0.05, 0.1) is 30.1 Å². The highest BCUT2D eigenvalue weighted by Crippen LogP contribution is 2.35. The van der Waals surface area contributed by atoms with Gasteiger partial charge in [-0.2, -0.15) is 5.10 Å². The van der Waals surface area contributed by atoms with Gasteiger partial charge < -0.3 is 15.0 Å². The molecule has 0 unspecified atom stereocenters. The first-order chi connectivity index (χ1) is 13.6. The number of aromatic carboxylic acids is 1. The molecule has 0 radical (unpaired) electrons. The number of anilines is 1. The average Bonchev–Trinajstić information content (AvgIpc) is 3.34. The fourth-order valence-electron chi connectivity index (χ4n) is 3.54. The van der Waals surface area contributed by atoms with Gasteiger partial charge in [-0.05, 0) is 18.2 Å². The lowest BCUT2D eigenvalue weighted by Gasteiger charge is -2.34.